The molecule has 0 saturated carbocycles. The van der Waals surface area contributed by atoms with Gasteiger partial charge in [0.2, 0.25) is 5.78 Å². The van der Waals surface area contributed by atoms with Crippen LogP contribution in [0.1, 0.15) is 61.2 Å². The number of carbonyl (C=O) groups is 4. The Morgan fingerprint density at radius 1 is 1.06 bits per heavy atom. The first-order chi connectivity index (χ1) is 14.8. The molecule has 2 heterocycles. The molecule has 0 aliphatic rings. The van der Waals surface area contributed by atoms with Gasteiger partial charge in [-0.1, -0.05) is 30.3 Å². The van der Waals surface area contributed by atoms with E-state index in [1.54, 1.807) is 50.2 Å². The van der Waals surface area contributed by atoms with Gasteiger partial charge in [-0.2, -0.15) is 0 Å². The first-order valence-corrected chi connectivity index (χ1v) is 9.58. The molecule has 0 fully saturated rings. The summed E-state index contributed by atoms with van der Waals surface area (Å²) in [5.74, 6) is -1.99. The van der Waals surface area contributed by atoms with Gasteiger partial charge in [0.1, 0.15) is 0 Å². The fraction of sp³-hybridized carbons (Fsp3) is 0.217. The zero-order chi connectivity index (χ0) is 22.5. The zero-order valence-electron chi connectivity index (χ0n) is 17.4. The van der Waals surface area contributed by atoms with Gasteiger partial charge < -0.3 is 19.5 Å². The number of rotatable bonds is 8. The van der Waals surface area contributed by atoms with Crippen molar-refractivity contribution in [1.29, 1.82) is 0 Å². The number of esters is 1. The van der Waals surface area contributed by atoms with E-state index in [0.29, 0.717) is 22.4 Å². The molecule has 3 aromatic rings. The van der Waals surface area contributed by atoms with Crippen LogP contribution in [0.2, 0.25) is 0 Å². The summed E-state index contributed by atoms with van der Waals surface area (Å²) in [7, 11) is 0. The number of nitrogens with one attached hydrogen (secondary N) is 2. The predicted octanol–water partition coefficient (Wildman–Crippen LogP) is 3.32. The van der Waals surface area contributed by atoms with Crippen molar-refractivity contribution in [1.82, 2.24) is 10.3 Å². The Morgan fingerprint density at radius 2 is 1.77 bits per heavy atom. The van der Waals surface area contributed by atoms with E-state index >= 15 is 0 Å². The SMILES string of the molecule is CC(=O)c1c(C)[nH]c(C(=O)COC(=O)C(NC(=O)c2ccco2)c2ccccc2)c1C. The van der Waals surface area contributed by atoms with Crippen molar-refractivity contribution in [2.45, 2.75) is 26.8 Å². The summed E-state index contributed by atoms with van der Waals surface area (Å²) in [6.07, 6.45) is 1.35. The van der Waals surface area contributed by atoms with Crippen LogP contribution in [0.25, 0.3) is 0 Å². The van der Waals surface area contributed by atoms with Crippen molar-refractivity contribution in [2.24, 2.45) is 0 Å². The molecule has 8 heteroatoms. The van der Waals surface area contributed by atoms with Crippen molar-refractivity contribution in [3.63, 3.8) is 0 Å². The highest BCUT2D eigenvalue weighted by molar-refractivity contribution is 6.04. The molecular weight excluding hydrogens is 400 g/mol. The van der Waals surface area contributed by atoms with E-state index in [1.165, 1.54) is 19.3 Å². The molecule has 0 radical (unpaired) electrons. The summed E-state index contributed by atoms with van der Waals surface area (Å²) < 4.78 is 10.3. The fourth-order valence-corrected chi connectivity index (χ4v) is 3.38. The van der Waals surface area contributed by atoms with E-state index in [-0.39, 0.29) is 17.2 Å². The Bertz CT molecular complexity index is 1110. The average Bonchev–Trinajstić information content (AvgIpc) is 3.38. The Hall–Kier alpha value is -3.94. The Balaban J connectivity index is 1.75. The van der Waals surface area contributed by atoms with E-state index in [9.17, 15) is 19.2 Å². The van der Waals surface area contributed by atoms with Crippen molar-refractivity contribution in [3.05, 3.63) is 82.6 Å². The highest BCUT2D eigenvalue weighted by Crippen LogP contribution is 2.20. The van der Waals surface area contributed by atoms with Gasteiger partial charge in [-0.05, 0) is 44.0 Å². The summed E-state index contributed by atoms with van der Waals surface area (Å²) in [5, 5.41) is 2.57. The highest BCUT2D eigenvalue weighted by Gasteiger charge is 2.27. The maximum absolute atomic E-state index is 12.8. The molecule has 3 rings (SSSR count). The van der Waals surface area contributed by atoms with Crippen LogP contribution in [0, 0.1) is 13.8 Å². The number of H-pyrrole nitrogens is 1. The van der Waals surface area contributed by atoms with E-state index in [0.717, 1.165) is 0 Å². The molecule has 31 heavy (non-hydrogen) atoms. The van der Waals surface area contributed by atoms with Crippen LogP contribution in [0.4, 0.5) is 0 Å². The lowest BCUT2D eigenvalue weighted by atomic mass is 10.1. The minimum absolute atomic E-state index is 0.0408. The molecule has 1 unspecified atom stereocenters. The number of furan rings is 1. The number of amides is 1. The second-order valence-corrected chi connectivity index (χ2v) is 7.01. The summed E-state index contributed by atoms with van der Waals surface area (Å²) in [5.41, 5.74) is 2.24. The second kappa shape index (κ2) is 9.25. The van der Waals surface area contributed by atoms with Crippen LogP contribution in [0.15, 0.2) is 53.1 Å². The van der Waals surface area contributed by atoms with Crippen LogP contribution < -0.4 is 5.32 Å². The van der Waals surface area contributed by atoms with Gasteiger partial charge in [0.05, 0.1) is 12.0 Å². The predicted molar refractivity (Wildman–Crippen MR) is 111 cm³/mol. The van der Waals surface area contributed by atoms with Gasteiger partial charge in [0, 0.05) is 11.3 Å². The average molecular weight is 422 g/mol. The first kappa shape index (κ1) is 21.8. The van der Waals surface area contributed by atoms with Gasteiger partial charge >= 0.3 is 5.97 Å². The van der Waals surface area contributed by atoms with Gasteiger partial charge in [0.15, 0.2) is 24.2 Å². The smallest absolute Gasteiger partial charge is 0.333 e. The number of aromatic amines is 1. The summed E-state index contributed by atoms with van der Waals surface area (Å²) >= 11 is 0. The molecule has 0 aliphatic heterocycles. The molecule has 1 atom stereocenters. The van der Waals surface area contributed by atoms with E-state index < -0.39 is 30.3 Å². The molecule has 0 bridgehead atoms. The molecule has 1 amide bonds. The van der Waals surface area contributed by atoms with Gasteiger partial charge in [0.25, 0.3) is 5.91 Å². The number of hydrogen-bond donors (Lipinski definition) is 2. The monoisotopic (exact) mass is 422 g/mol. The molecule has 160 valence electrons. The van der Waals surface area contributed by atoms with Gasteiger partial charge in [-0.15, -0.1) is 0 Å². The summed E-state index contributed by atoms with van der Waals surface area (Å²) in [6, 6.07) is 10.4. The van der Waals surface area contributed by atoms with Crippen molar-refractivity contribution in [3.8, 4) is 0 Å². The van der Waals surface area contributed by atoms with E-state index in [4.69, 9.17) is 9.15 Å². The number of aryl methyl sites for hydroxylation is 1. The van der Waals surface area contributed by atoms with Gasteiger partial charge in [-0.25, -0.2) is 4.79 Å². The highest BCUT2D eigenvalue weighted by atomic mass is 16.5. The zero-order valence-corrected chi connectivity index (χ0v) is 17.4. The maximum atomic E-state index is 12.8. The number of ketones is 2. The minimum Gasteiger partial charge on any atom is -0.459 e. The number of ether oxygens (including phenoxy) is 1. The molecule has 1 aromatic carbocycles. The number of aromatic nitrogens is 1. The Labute approximate surface area is 178 Å². The summed E-state index contributed by atoms with van der Waals surface area (Å²) in [4.78, 5) is 52.4. The Kier molecular flexibility index (Phi) is 6.49. The molecule has 0 saturated heterocycles. The standard InChI is InChI=1S/C23H22N2O6/c1-13-19(15(3)26)14(2)24-20(13)17(27)12-31-23(29)21(16-8-5-4-6-9-16)25-22(28)18-10-7-11-30-18/h4-11,21,24H,12H2,1-3H3,(H,25,28). The third-order valence-electron chi connectivity index (χ3n) is 4.80. The Morgan fingerprint density at radius 3 is 2.35 bits per heavy atom. The number of carbonyl (C=O) groups excluding carboxylic acids is 4. The lowest BCUT2D eigenvalue weighted by Crippen LogP contribution is -2.35. The molecule has 0 aliphatic carbocycles. The van der Waals surface area contributed by atoms with E-state index in [2.05, 4.69) is 10.3 Å². The molecular formula is C23H22N2O6. The maximum Gasteiger partial charge on any atom is 0.333 e. The van der Waals surface area contributed by atoms with Gasteiger partial charge in [-0.3, -0.25) is 14.4 Å². The lowest BCUT2D eigenvalue weighted by Gasteiger charge is -2.17. The van der Waals surface area contributed by atoms with Crippen LogP contribution in [-0.4, -0.2) is 35.0 Å². The fourth-order valence-electron chi connectivity index (χ4n) is 3.38. The topological polar surface area (TPSA) is 118 Å². The number of benzene rings is 1. The molecule has 8 nitrogen and oxygen atoms in total. The van der Waals surface area contributed by atoms with E-state index in [1.807, 2.05) is 0 Å². The van der Waals surface area contributed by atoms with Crippen molar-refractivity contribution < 1.29 is 28.3 Å². The van der Waals surface area contributed by atoms with Crippen LogP contribution in [-0.2, 0) is 9.53 Å². The third-order valence-corrected chi connectivity index (χ3v) is 4.80. The molecule has 2 N–H and O–H groups in total. The normalized spacial score (nSPS) is 11.6. The summed E-state index contributed by atoms with van der Waals surface area (Å²) in [6.45, 7) is 4.23. The van der Waals surface area contributed by atoms with Crippen LogP contribution in [0.3, 0.4) is 0 Å². The first-order valence-electron chi connectivity index (χ1n) is 9.58. The number of Topliss-reactive ketones (excluding diaryl/α,β-unsaturated/α-hetero) is 2. The van der Waals surface area contributed by atoms with Crippen LogP contribution in [0.5, 0.6) is 0 Å². The van der Waals surface area contributed by atoms with Crippen LogP contribution >= 0.6 is 0 Å². The minimum atomic E-state index is -1.13. The third kappa shape index (κ3) is 4.80. The molecule has 2 aromatic heterocycles. The largest absolute Gasteiger partial charge is 0.459 e. The quantitative estimate of drug-likeness (QED) is 0.425. The second-order valence-electron chi connectivity index (χ2n) is 7.01. The van der Waals surface area contributed by atoms with Crippen molar-refractivity contribution in [2.75, 3.05) is 6.61 Å². The van der Waals surface area contributed by atoms with Crippen molar-refractivity contribution >= 4 is 23.4 Å². The lowest BCUT2D eigenvalue weighted by molar-refractivity contribution is -0.145. The molecule has 0 spiro atoms. The number of hydrogen-bond acceptors (Lipinski definition) is 6.